The number of halogens is 1. The van der Waals surface area contributed by atoms with Gasteiger partial charge in [0.25, 0.3) is 0 Å². The number of carbonyl (C=O) groups excluding carboxylic acids is 1. The van der Waals surface area contributed by atoms with Gasteiger partial charge in [-0.25, -0.2) is 9.37 Å². The molecule has 1 aliphatic rings. The van der Waals surface area contributed by atoms with Gasteiger partial charge in [0.05, 0.1) is 24.5 Å². The topological polar surface area (TPSA) is 73.1 Å². The molecule has 0 aliphatic carbocycles. The van der Waals surface area contributed by atoms with Crippen molar-refractivity contribution in [2.75, 3.05) is 19.7 Å². The highest BCUT2D eigenvalue weighted by Crippen LogP contribution is 2.29. The van der Waals surface area contributed by atoms with Crippen molar-refractivity contribution < 1.29 is 13.9 Å². The van der Waals surface area contributed by atoms with E-state index in [0.717, 1.165) is 12.2 Å². The Kier molecular flexibility index (Phi) is 6.13. The van der Waals surface area contributed by atoms with Crippen LogP contribution < -0.4 is 0 Å². The smallest absolute Gasteiger partial charge is 0.224 e. The standard InChI is InChI=1S/C22H24FN5O2/c1-2-19-24-9-11-27(19)10-6-20(29)28-12-13-30-18(15-28)22-21(25-7-8-26-22)16-4-3-5-17(23)14-16/h3-5,7-9,11,14,18H,2,6,10,12-13,15H2,1H3/t18-/m1/s1. The summed E-state index contributed by atoms with van der Waals surface area (Å²) < 4.78 is 21.6. The van der Waals surface area contributed by atoms with Crippen molar-refractivity contribution in [3.63, 3.8) is 0 Å². The lowest BCUT2D eigenvalue weighted by atomic mass is 10.0. The Morgan fingerprint density at radius 3 is 2.93 bits per heavy atom. The Hall–Kier alpha value is -3.13. The maximum absolute atomic E-state index is 13.7. The average molecular weight is 409 g/mol. The molecule has 0 spiro atoms. The number of benzene rings is 1. The number of aryl methyl sites for hydroxylation is 2. The summed E-state index contributed by atoms with van der Waals surface area (Å²) in [6.07, 6.45) is 7.65. The molecule has 0 saturated carbocycles. The minimum Gasteiger partial charge on any atom is -0.368 e. The third kappa shape index (κ3) is 4.38. The summed E-state index contributed by atoms with van der Waals surface area (Å²) in [5, 5.41) is 0. The second kappa shape index (κ2) is 9.13. The molecule has 30 heavy (non-hydrogen) atoms. The first kappa shape index (κ1) is 20.2. The van der Waals surface area contributed by atoms with Crippen molar-refractivity contribution in [2.24, 2.45) is 0 Å². The Balaban J connectivity index is 1.47. The zero-order chi connectivity index (χ0) is 20.9. The first-order valence-corrected chi connectivity index (χ1v) is 10.1. The van der Waals surface area contributed by atoms with Gasteiger partial charge in [-0.15, -0.1) is 0 Å². The van der Waals surface area contributed by atoms with Gasteiger partial charge in [-0.3, -0.25) is 14.8 Å². The zero-order valence-electron chi connectivity index (χ0n) is 16.9. The molecule has 4 rings (SSSR count). The summed E-state index contributed by atoms with van der Waals surface area (Å²) in [7, 11) is 0. The maximum Gasteiger partial charge on any atom is 0.224 e. The van der Waals surface area contributed by atoms with E-state index in [-0.39, 0.29) is 11.7 Å². The predicted octanol–water partition coefficient (Wildman–Crippen LogP) is 3.03. The Bertz CT molecular complexity index is 1020. The Morgan fingerprint density at radius 2 is 2.10 bits per heavy atom. The summed E-state index contributed by atoms with van der Waals surface area (Å²) >= 11 is 0. The normalized spacial score (nSPS) is 16.6. The van der Waals surface area contributed by atoms with Gasteiger partial charge in [-0.05, 0) is 12.1 Å². The zero-order valence-corrected chi connectivity index (χ0v) is 16.9. The minimum atomic E-state index is -0.408. The van der Waals surface area contributed by atoms with Crippen LogP contribution in [-0.4, -0.2) is 50.0 Å². The van der Waals surface area contributed by atoms with Gasteiger partial charge in [-0.1, -0.05) is 19.1 Å². The number of hydrogen-bond donors (Lipinski definition) is 0. The first-order valence-electron chi connectivity index (χ1n) is 10.1. The molecule has 3 aromatic rings. The van der Waals surface area contributed by atoms with Crippen LogP contribution >= 0.6 is 0 Å². The van der Waals surface area contributed by atoms with Crippen LogP contribution in [0.4, 0.5) is 4.39 Å². The largest absolute Gasteiger partial charge is 0.368 e. The predicted molar refractivity (Wildman–Crippen MR) is 109 cm³/mol. The third-order valence-electron chi connectivity index (χ3n) is 5.23. The van der Waals surface area contributed by atoms with E-state index >= 15 is 0 Å². The highest BCUT2D eigenvalue weighted by atomic mass is 19.1. The molecule has 156 valence electrons. The molecule has 1 aliphatic heterocycles. The van der Waals surface area contributed by atoms with Crippen LogP contribution in [0.25, 0.3) is 11.3 Å². The SMILES string of the molecule is CCc1nccn1CCC(=O)N1CCO[C@@H](c2nccnc2-c2cccc(F)c2)C1. The van der Waals surface area contributed by atoms with E-state index < -0.39 is 6.10 Å². The molecule has 2 aromatic heterocycles. The number of morpholine rings is 1. The van der Waals surface area contributed by atoms with Crippen LogP contribution in [0.2, 0.25) is 0 Å². The molecule has 3 heterocycles. The van der Waals surface area contributed by atoms with E-state index in [2.05, 4.69) is 15.0 Å². The Labute approximate surface area is 174 Å². The van der Waals surface area contributed by atoms with E-state index in [1.54, 1.807) is 35.6 Å². The number of nitrogens with zero attached hydrogens (tertiary/aromatic N) is 5. The lowest BCUT2D eigenvalue weighted by Crippen LogP contribution is -2.42. The molecule has 1 atom stereocenters. The lowest BCUT2D eigenvalue weighted by Gasteiger charge is -2.33. The number of aromatic nitrogens is 4. The summed E-state index contributed by atoms with van der Waals surface area (Å²) in [6, 6.07) is 6.25. The fourth-order valence-corrected chi connectivity index (χ4v) is 3.72. The molecule has 1 aromatic carbocycles. The van der Waals surface area contributed by atoms with Crippen LogP contribution in [-0.2, 0) is 22.5 Å². The molecular weight excluding hydrogens is 385 g/mol. The number of amides is 1. The molecule has 0 bridgehead atoms. The third-order valence-corrected chi connectivity index (χ3v) is 5.23. The van der Waals surface area contributed by atoms with Crippen LogP contribution in [0.15, 0.2) is 49.1 Å². The number of carbonyl (C=O) groups is 1. The molecule has 0 N–H and O–H groups in total. The van der Waals surface area contributed by atoms with Crippen LogP contribution in [0.1, 0.15) is 31.0 Å². The van der Waals surface area contributed by atoms with E-state index in [4.69, 9.17) is 4.74 Å². The van der Waals surface area contributed by atoms with E-state index in [1.807, 2.05) is 17.7 Å². The maximum atomic E-state index is 13.7. The summed E-state index contributed by atoms with van der Waals surface area (Å²) in [5.41, 5.74) is 1.82. The molecule has 7 nitrogen and oxygen atoms in total. The molecule has 8 heteroatoms. The second-order valence-electron chi connectivity index (χ2n) is 7.14. The van der Waals surface area contributed by atoms with Gasteiger partial charge in [0.1, 0.15) is 17.7 Å². The van der Waals surface area contributed by atoms with Gasteiger partial charge in [0.15, 0.2) is 0 Å². The fraction of sp³-hybridized carbons (Fsp3) is 0.364. The van der Waals surface area contributed by atoms with Crippen LogP contribution in [0, 0.1) is 5.82 Å². The lowest BCUT2D eigenvalue weighted by molar-refractivity contribution is -0.139. The molecule has 1 saturated heterocycles. The summed E-state index contributed by atoms with van der Waals surface area (Å²) in [6.45, 7) is 3.99. The first-order chi connectivity index (χ1) is 14.7. The number of imidazole rings is 1. The molecule has 1 fully saturated rings. The quantitative estimate of drug-likeness (QED) is 0.626. The molecule has 0 radical (unpaired) electrons. The van der Waals surface area contributed by atoms with Crippen molar-refractivity contribution >= 4 is 5.91 Å². The number of rotatable bonds is 6. The van der Waals surface area contributed by atoms with Gasteiger partial charge in [0.2, 0.25) is 5.91 Å². The number of ether oxygens (including phenoxy) is 1. The van der Waals surface area contributed by atoms with Crippen molar-refractivity contribution in [3.8, 4) is 11.3 Å². The Morgan fingerprint density at radius 1 is 1.23 bits per heavy atom. The summed E-state index contributed by atoms with van der Waals surface area (Å²) in [5.74, 6) is 0.702. The number of hydrogen-bond acceptors (Lipinski definition) is 5. The van der Waals surface area contributed by atoms with E-state index in [9.17, 15) is 9.18 Å². The van der Waals surface area contributed by atoms with Crippen LogP contribution in [0.5, 0.6) is 0 Å². The highest BCUT2D eigenvalue weighted by Gasteiger charge is 2.28. The van der Waals surface area contributed by atoms with Gasteiger partial charge in [-0.2, -0.15) is 0 Å². The van der Waals surface area contributed by atoms with Crippen molar-refractivity contribution in [1.82, 2.24) is 24.4 Å². The average Bonchev–Trinajstić information content (AvgIpc) is 3.25. The monoisotopic (exact) mass is 409 g/mol. The second-order valence-corrected chi connectivity index (χ2v) is 7.14. The van der Waals surface area contributed by atoms with E-state index in [1.165, 1.54) is 12.1 Å². The van der Waals surface area contributed by atoms with Gasteiger partial charge in [0, 0.05) is 56.3 Å². The fourth-order valence-electron chi connectivity index (χ4n) is 3.72. The van der Waals surface area contributed by atoms with Crippen molar-refractivity contribution in [1.29, 1.82) is 0 Å². The molecular formula is C22H24FN5O2. The highest BCUT2D eigenvalue weighted by molar-refractivity contribution is 5.76. The van der Waals surface area contributed by atoms with E-state index in [0.29, 0.717) is 49.6 Å². The van der Waals surface area contributed by atoms with Gasteiger partial charge >= 0.3 is 0 Å². The van der Waals surface area contributed by atoms with Crippen LogP contribution in [0.3, 0.4) is 0 Å². The van der Waals surface area contributed by atoms with Crippen molar-refractivity contribution in [2.45, 2.75) is 32.4 Å². The summed E-state index contributed by atoms with van der Waals surface area (Å²) in [4.78, 5) is 27.8. The van der Waals surface area contributed by atoms with Gasteiger partial charge < -0.3 is 14.2 Å². The van der Waals surface area contributed by atoms with Crippen molar-refractivity contribution in [3.05, 3.63) is 66.4 Å². The molecule has 0 unspecified atom stereocenters. The minimum absolute atomic E-state index is 0.0650. The molecule has 1 amide bonds.